The molecule has 0 aliphatic heterocycles. The number of ketones is 2. The summed E-state index contributed by atoms with van der Waals surface area (Å²) in [5, 5.41) is 0. The molecule has 0 N–H and O–H groups in total. The first-order valence-corrected chi connectivity index (χ1v) is 4.00. The van der Waals surface area contributed by atoms with Gasteiger partial charge in [-0.05, 0) is 12.8 Å². The van der Waals surface area contributed by atoms with Crippen LogP contribution < -0.4 is 0 Å². The van der Waals surface area contributed by atoms with E-state index >= 15 is 0 Å². The zero-order valence-corrected chi connectivity index (χ0v) is 7.21. The number of unbranched alkanes of at least 4 members (excludes halogenated alkanes) is 1. The van der Waals surface area contributed by atoms with Crippen LogP contribution in [0.15, 0.2) is 25.3 Å². The minimum atomic E-state index is -0.339. The Morgan fingerprint density at radius 3 is 2.25 bits per heavy atom. The molecule has 2 nitrogen and oxygen atoms in total. The van der Waals surface area contributed by atoms with Crippen LogP contribution in [0.5, 0.6) is 0 Å². The predicted molar refractivity (Wildman–Crippen MR) is 48.9 cm³/mol. The Morgan fingerprint density at radius 1 is 1.08 bits per heavy atom. The molecule has 0 unspecified atom stereocenters. The zero-order chi connectivity index (χ0) is 9.40. The molecule has 0 aromatic rings. The van der Waals surface area contributed by atoms with Crippen molar-refractivity contribution in [2.24, 2.45) is 0 Å². The van der Waals surface area contributed by atoms with Crippen LogP contribution in [-0.4, -0.2) is 11.6 Å². The molecule has 0 rings (SSSR count). The Labute approximate surface area is 73.0 Å². The summed E-state index contributed by atoms with van der Waals surface area (Å²) in [5.41, 5.74) is 0. The molecule has 0 atom stereocenters. The summed E-state index contributed by atoms with van der Waals surface area (Å²) in [6, 6.07) is 0. The van der Waals surface area contributed by atoms with Crippen molar-refractivity contribution in [3.8, 4) is 0 Å². The molecular weight excluding hydrogens is 152 g/mol. The number of carbonyl (C=O) groups is 2. The Kier molecular flexibility index (Phi) is 5.88. The van der Waals surface area contributed by atoms with Crippen LogP contribution in [0.1, 0.15) is 25.7 Å². The van der Waals surface area contributed by atoms with Crippen molar-refractivity contribution in [3.63, 3.8) is 0 Å². The highest BCUT2D eigenvalue weighted by Crippen LogP contribution is 1.99. The van der Waals surface area contributed by atoms with Gasteiger partial charge in [-0.25, -0.2) is 0 Å². The smallest absolute Gasteiger partial charge is 0.202 e. The quantitative estimate of drug-likeness (QED) is 0.329. The highest BCUT2D eigenvalue weighted by atomic mass is 16.2. The molecule has 0 radical (unpaired) electrons. The van der Waals surface area contributed by atoms with E-state index in [0.717, 1.165) is 6.42 Å². The molecule has 0 aliphatic carbocycles. The normalized spacial score (nSPS) is 9.00. The van der Waals surface area contributed by atoms with E-state index in [4.69, 9.17) is 0 Å². The lowest BCUT2D eigenvalue weighted by molar-refractivity contribution is -0.136. The minimum Gasteiger partial charge on any atom is -0.291 e. The van der Waals surface area contributed by atoms with Gasteiger partial charge >= 0.3 is 0 Å². The van der Waals surface area contributed by atoms with E-state index in [-0.39, 0.29) is 18.0 Å². The van der Waals surface area contributed by atoms with Gasteiger partial charge in [-0.15, -0.1) is 13.2 Å². The fourth-order valence-electron chi connectivity index (χ4n) is 0.791. The number of Topliss-reactive ketones (excluding diaryl/α,β-unsaturated/α-hetero) is 2. The number of carbonyl (C=O) groups excluding carboxylic acids is 2. The first kappa shape index (κ1) is 10.8. The molecule has 0 heterocycles. The molecule has 0 amide bonds. The van der Waals surface area contributed by atoms with Crippen LogP contribution in [0.25, 0.3) is 0 Å². The van der Waals surface area contributed by atoms with Crippen LogP contribution in [-0.2, 0) is 9.59 Å². The molecule has 0 spiro atoms. The lowest BCUT2D eigenvalue weighted by Gasteiger charge is -1.94. The summed E-state index contributed by atoms with van der Waals surface area (Å²) >= 11 is 0. The zero-order valence-electron chi connectivity index (χ0n) is 7.21. The third-order valence-electron chi connectivity index (χ3n) is 1.45. The summed E-state index contributed by atoms with van der Waals surface area (Å²) in [7, 11) is 0. The first-order chi connectivity index (χ1) is 5.72. The number of hydrogen-bond acceptors (Lipinski definition) is 2. The van der Waals surface area contributed by atoms with Gasteiger partial charge in [0.15, 0.2) is 5.78 Å². The van der Waals surface area contributed by atoms with Gasteiger partial charge < -0.3 is 0 Å². The topological polar surface area (TPSA) is 34.1 Å². The van der Waals surface area contributed by atoms with Crippen molar-refractivity contribution < 1.29 is 9.59 Å². The maximum absolute atomic E-state index is 11.0. The molecule has 0 bridgehead atoms. The molecule has 0 fully saturated rings. The second-order valence-corrected chi connectivity index (χ2v) is 2.52. The first-order valence-electron chi connectivity index (χ1n) is 4.00. The summed E-state index contributed by atoms with van der Waals surface area (Å²) in [6.45, 7) is 6.92. The molecular formula is C10H14O2. The monoisotopic (exact) mass is 166 g/mol. The van der Waals surface area contributed by atoms with E-state index in [0.29, 0.717) is 12.8 Å². The number of hydrogen-bond donors (Lipinski definition) is 0. The molecule has 0 aromatic carbocycles. The molecule has 2 heteroatoms. The number of rotatable bonds is 7. The molecule has 0 saturated heterocycles. The standard InChI is InChI=1S/C10H14O2/c1-3-5-6-8-10(12)9(11)7-4-2/h3-4H,1-2,5-8H2. The van der Waals surface area contributed by atoms with Gasteiger partial charge in [0, 0.05) is 12.8 Å². The second-order valence-electron chi connectivity index (χ2n) is 2.52. The van der Waals surface area contributed by atoms with Gasteiger partial charge in [0.1, 0.15) is 0 Å². The maximum atomic E-state index is 11.0. The third kappa shape index (κ3) is 4.61. The van der Waals surface area contributed by atoms with E-state index in [1.54, 1.807) is 6.08 Å². The van der Waals surface area contributed by atoms with Crippen molar-refractivity contribution in [2.75, 3.05) is 0 Å². The Hall–Kier alpha value is -1.18. The van der Waals surface area contributed by atoms with Crippen molar-refractivity contribution in [3.05, 3.63) is 25.3 Å². The van der Waals surface area contributed by atoms with Crippen LogP contribution in [0.3, 0.4) is 0 Å². The summed E-state index contributed by atoms with van der Waals surface area (Å²) in [4.78, 5) is 21.9. The van der Waals surface area contributed by atoms with Crippen LogP contribution in [0, 0.1) is 0 Å². The van der Waals surface area contributed by atoms with Gasteiger partial charge in [0.25, 0.3) is 0 Å². The highest BCUT2D eigenvalue weighted by molar-refractivity contribution is 6.37. The van der Waals surface area contributed by atoms with Gasteiger partial charge in [-0.2, -0.15) is 0 Å². The van der Waals surface area contributed by atoms with Crippen molar-refractivity contribution in [1.29, 1.82) is 0 Å². The molecule has 0 saturated carbocycles. The fraction of sp³-hybridized carbons (Fsp3) is 0.400. The van der Waals surface area contributed by atoms with Crippen LogP contribution in [0.2, 0.25) is 0 Å². The summed E-state index contributed by atoms with van der Waals surface area (Å²) in [5.74, 6) is -0.634. The fourth-order valence-corrected chi connectivity index (χ4v) is 0.791. The van der Waals surface area contributed by atoms with E-state index in [1.165, 1.54) is 6.08 Å². The largest absolute Gasteiger partial charge is 0.291 e. The van der Waals surface area contributed by atoms with Crippen LogP contribution >= 0.6 is 0 Å². The highest BCUT2D eigenvalue weighted by Gasteiger charge is 2.09. The Bertz CT molecular complexity index is 192. The molecule has 66 valence electrons. The van der Waals surface area contributed by atoms with E-state index in [2.05, 4.69) is 13.2 Å². The van der Waals surface area contributed by atoms with Crippen LogP contribution in [0.4, 0.5) is 0 Å². The van der Waals surface area contributed by atoms with E-state index in [1.807, 2.05) is 0 Å². The van der Waals surface area contributed by atoms with Crippen molar-refractivity contribution in [1.82, 2.24) is 0 Å². The van der Waals surface area contributed by atoms with E-state index in [9.17, 15) is 9.59 Å². The van der Waals surface area contributed by atoms with Crippen molar-refractivity contribution in [2.45, 2.75) is 25.7 Å². The molecule has 12 heavy (non-hydrogen) atoms. The maximum Gasteiger partial charge on any atom is 0.202 e. The minimum absolute atomic E-state index is 0.160. The third-order valence-corrected chi connectivity index (χ3v) is 1.45. The average molecular weight is 166 g/mol. The van der Waals surface area contributed by atoms with Gasteiger partial charge in [-0.3, -0.25) is 9.59 Å². The average Bonchev–Trinajstić information content (AvgIpc) is 2.05. The van der Waals surface area contributed by atoms with Gasteiger partial charge in [-0.1, -0.05) is 12.2 Å². The van der Waals surface area contributed by atoms with Gasteiger partial charge in [0.2, 0.25) is 5.78 Å². The Balaban J connectivity index is 3.63. The predicted octanol–water partition coefficient (Wildman–Crippen LogP) is 2.06. The number of allylic oxidation sites excluding steroid dienone is 2. The lowest BCUT2D eigenvalue weighted by atomic mass is 10.1. The molecule has 0 aliphatic rings. The SMILES string of the molecule is C=CCCCC(=O)C(=O)CC=C. The Morgan fingerprint density at radius 2 is 1.75 bits per heavy atom. The van der Waals surface area contributed by atoms with E-state index < -0.39 is 0 Å². The molecule has 0 aromatic heterocycles. The summed E-state index contributed by atoms with van der Waals surface area (Å²) in [6.07, 6.45) is 5.18. The lowest BCUT2D eigenvalue weighted by Crippen LogP contribution is -2.11. The van der Waals surface area contributed by atoms with Crippen molar-refractivity contribution >= 4 is 11.6 Å². The summed E-state index contributed by atoms with van der Waals surface area (Å²) < 4.78 is 0. The second kappa shape index (κ2) is 6.53. The van der Waals surface area contributed by atoms with Gasteiger partial charge in [0.05, 0.1) is 0 Å².